The van der Waals surface area contributed by atoms with Crippen molar-refractivity contribution >= 4 is 0 Å². The molecule has 0 aromatic carbocycles. The molecule has 0 aromatic rings. The normalized spacial score (nSPS) is 40.3. The Morgan fingerprint density at radius 3 is 2.73 bits per heavy atom. The molecule has 0 aromatic heterocycles. The number of nitrogens with two attached hydrogens (primary N) is 1. The van der Waals surface area contributed by atoms with Crippen molar-refractivity contribution in [2.75, 3.05) is 6.61 Å². The van der Waals surface area contributed by atoms with Gasteiger partial charge in [0.1, 0.15) is 0 Å². The van der Waals surface area contributed by atoms with E-state index in [0.717, 1.165) is 37.2 Å². The van der Waals surface area contributed by atoms with Crippen molar-refractivity contribution < 1.29 is 4.74 Å². The molecule has 2 fully saturated rings. The van der Waals surface area contributed by atoms with E-state index in [1.54, 1.807) is 0 Å². The van der Waals surface area contributed by atoms with Gasteiger partial charge in [-0.2, -0.15) is 0 Å². The van der Waals surface area contributed by atoms with Crippen molar-refractivity contribution in [2.24, 2.45) is 23.6 Å². The Balaban J connectivity index is 1.69. The number of hydrazine groups is 1. The summed E-state index contributed by atoms with van der Waals surface area (Å²) < 4.78 is 5.41. The molecule has 0 amide bonds. The number of fused-ring (bicyclic) bond motifs is 1. The first-order valence-corrected chi connectivity index (χ1v) is 6.18. The largest absolute Gasteiger partial charge is 0.501 e. The van der Waals surface area contributed by atoms with Crippen molar-refractivity contribution in [3.05, 3.63) is 11.8 Å². The summed E-state index contributed by atoms with van der Waals surface area (Å²) in [4.78, 5) is 0. The minimum Gasteiger partial charge on any atom is -0.501 e. The number of ether oxygens (including phenoxy) is 1. The maximum Gasteiger partial charge on any atom is 0.0876 e. The van der Waals surface area contributed by atoms with Crippen LogP contribution in [-0.4, -0.2) is 12.6 Å². The van der Waals surface area contributed by atoms with Crippen LogP contribution in [0.15, 0.2) is 11.8 Å². The number of rotatable bonds is 3. The lowest BCUT2D eigenvalue weighted by atomic mass is 9.94. The number of hydrogen-bond donors (Lipinski definition) is 2. The highest BCUT2D eigenvalue weighted by molar-refractivity contribution is 5.19. The lowest BCUT2D eigenvalue weighted by Crippen LogP contribution is -2.40. The summed E-state index contributed by atoms with van der Waals surface area (Å²) in [5.74, 6) is 8.41. The smallest absolute Gasteiger partial charge is 0.0876 e. The Morgan fingerprint density at radius 1 is 1.33 bits per heavy atom. The van der Waals surface area contributed by atoms with Crippen LogP contribution in [0, 0.1) is 17.8 Å². The average molecular weight is 208 g/mol. The van der Waals surface area contributed by atoms with Crippen LogP contribution in [-0.2, 0) is 4.74 Å². The van der Waals surface area contributed by atoms with Gasteiger partial charge in [0.05, 0.1) is 12.9 Å². The van der Waals surface area contributed by atoms with Gasteiger partial charge in [-0.3, -0.25) is 11.3 Å². The van der Waals surface area contributed by atoms with Crippen LogP contribution in [0.25, 0.3) is 0 Å². The van der Waals surface area contributed by atoms with Gasteiger partial charge >= 0.3 is 0 Å². The molecule has 3 heteroatoms. The lowest BCUT2D eigenvalue weighted by Gasteiger charge is -2.24. The molecule has 2 saturated carbocycles. The van der Waals surface area contributed by atoms with Crippen LogP contribution >= 0.6 is 0 Å². The van der Waals surface area contributed by atoms with E-state index in [1.807, 2.05) is 6.26 Å². The van der Waals surface area contributed by atoms with Gasteiger partial charge in [0, 0.05) is 6.04 Å². The molecule has 3 atom stereocenters. The SMILES string of the molecule is NNC(C1=COCCC1)C1C2CCCC21. The molecule has 3 nitrogen and oxygen atoms in total. The van der Waals surface area contributed by atoms with E-state index < -0.39 is 0 Å². The van der Waals surface area contributed by atoms with E-state index in [-0.39, 0.29) is 0 Å². The van der Waals surface area contributed by atoms with Gasteiger partial charge in [-0.05, 0) is 49.0 Å². The second kappa shape index (κ2) is 3.80. The van der Waals surface area contributed by atoms with E-state index >= 15 is 0 Å². The van der Waals surface area contributed by atoms with Crippen molar-refractivity contribution in [1.29, 1.82) is 0 Å². The Hall–Kier alpha value is -0.540. The van der Waals surface area contributed by atoms with Crippen molar-refractivity contribution in [3.63, 3.8) is 0 Å². The number of hydrogen-bond acceptors (Lipinski definition) is 3. The van der Waals surface area contributed by atoms with Gasteiger partial charge in [-0.15, -0.1) is 0 Å². The van der Waals surface area contributed by atoms with Crippen LogP contribution in [0.2, 0.25) is 0 Å². The molecular formula is C12H20N2O. The minimum atomic E-state index is 0.389. The maximum absolute atomic E-state index is 5.70. The van der Waals surface area contributed by atoms with E-state index in [9.17, 15) is 0 Å². The molecule has 0 radical (unpaired) electrons. The molecule has 3 N–H and O–H groups in total. The zero-order chi connectivity index (χ0) is 10.3. The Bertz CT molecular complexity index is 267. The second-order valence-corrected chi connectivity index (χ2v) is 5.15. The fourth-order valence-corrected chi connectivity index (χ4v) is 3.65. The summed E-state index contributed by atoms with van der Waals surface area (Å²) >= 11 is 0. The molecule has 2 aliphatic carbocycles. The first kappa shape index (κ1) is 9.67. The molecule has 0 spiro atoms. The molecule has 84 valence electrons. The lowest BCUT2D eigenvalue weighted by molar-refractivity contribution is 0.216. The van der Waals surface area contributed by atoms with Crippen LogP contribution in [0.4, 0.5) is 0 Å². The van der Waals surface area contributed by atoms with Crippen molar-refractivity contribution in [2.45, 2.75) is 38.1 Å². The summed E-state index contributed by atoms with van der Waals surface area (Å²) in [6, 6.07) is 0.389. The van der Waals surface area contributed by atoms with Crippen molar-refractivity contribution in [1.82, 2.24) is 5.43 Å². The molecule has 3 unspecified atom stereocenters. The van der Waals surface area contributed by atoms with E-state index in [0.29, 0.717) is 6.04 Å². The fourth-order valence-electron chi connectivity index (χ4n) is 3.65. The van der Waals surface area contributed by atoms with Crippen molar-refractivity contribution in [3.8, 4) is 0 Å². The fraction of sp³-hybridized carbons (Fsp3) is 0.833. The van der Waals surface area contributed by atoms with Crippen LogP contribution < -0.4 is 11.3 Å². The van der Waals surface area contributed by atoms with Gasteiger partial charge in [-0.25, -0.2) is 0 Å². The quantitative estimate of drug-likeness (QED) is 0.546. The summed E-state index contributed by atoms with van der Waals surface area (Å²) in [7, 11) is 0. The van der Waals surface area contributed by atoms with Crippen LogP contribution in [0.1, 0.15) is 32.1 Å². The van der Waals surface area contributed by atoms with Gasteiger partial charge in [-0.1, -0.05) is 6.42 Å². The summed E-state index contributed by atoms with van der Waals surface area (Å²) in [6.07, 6.45) is 8.51. The summed E-state index contributed by atoms with van der Waals surface area (Å²) in [6.45, 7) is 0.873. The molecule has 0 bridgehead atoms. The predicted molar refractivity (Wildman–Crippen MR) is 58.7 cm³/mol. The van der Waals surface area contributed by atoms with Crippen LogP contribution in [0.3, 0.4) is 0 Å². The number of nitrogens with one attached hydrogen (secondary N) is 1. The third kappa shape index (κ3) is 1.58. The second-order valence-electron chi connectivity index (χ2n) is 5.15. The molecule has 0 saturated heterocycles. The van der Waals surface area contributed by atoms with Gasteiger partial charge < -0.3 is 4.74 Å². The highest BCUT2D eigenvalue weighted by Gasteiger charge is 2.56. The molecule has 3 rings (SSSR count). The minimum absolute atomic E-state index is 0.389. The molecule has 1 aliphatic heterocycles. The first-order valence-electron chi connectivity index (χ1n) is 6.18. The van der Waals surface area contributed by atoms with Crippen LogP contribution in [0.5, 0.6) is 0 Å². The highest BCUT2D eigenvalue weighted by Crippen LogP contribution is 2.60. The van der Waals surface area contributed by atoms with E-state index in [2.05, 4.69) is 5.43 Å². The molecule has 1 heterocycles. The molecule has 3 aliphatic rings. The Morgan fingerprint density at radius 2 is 2.13 bits per heavy atom. The van der Waals surface area contributed by atoms with Gasteiger partial charge in [0.25, 0.3) is 0 Å². The standard InChI is InChI=1S/C12H20N2O/c13-14-12(8-3-2-6-15-7-8)11-9-4-1-5-10(9)11/h7,9-12,14H,1-6,13H2. The van der Waals surface area contributed by atoms with Gasteiger partial charge in [0.15, 0.2) is 0 Å². The maximum atomic E-state index is 5.70. The third-order valence-electron chi connectivity index (χ3n) is 4.40. The average Bonchev–Trinajstić information content (AvgIpc) is 2.76. The van der Waals surface area contributed by atoms with Gasteiger partial charge in [0.2, 0.25) is 0 Å². The van der Waals surface area contributed by atoms with E-state index in [1.165, 1.54) is 24.8 Å². The first-order chi connectivity index (χ1) is 7.42. The summed E-state index contributed by atoms with van der Waals surface area (Å²) in [5.41, 5.74) is 4.41. The highest BCUT2D eigenvalue weighted by atomic mass is 16.5. The topological polar surface area (TPSA) is 47.3 Å². The monoisotopic (exact) mass is 208 g/mol. The Labute approximate surface area is 91.0 Å². The molecular weight excluding hydrogens is 188 g/mol. The molecule has 15 heavy (non-hydrogen) atoms. The summed E-state index contributed by atoms with van der Waals surface area (Å²) in [5, 5.41) is 0. The zero-order valence-electron chi connectivity index (χ0n) is 9.11. The third-order valence-corrected chi connectivity index (χ3v) is 4.40. The zero-order valence-corrected chi connectivity index (χ0v) is 9.11. The Kier molecular flexibility index (Phi) is 2.45. The predicted octanol–water partition coefficient (Wildman–Crippen LogP) is 1.56. The van der Waals surface area contributed by atoms with E-state index in [4.69, 9.17) is 10.6 Å².